The van der Waals surface area contributed by atoms with Gasteiger partial charge in [-0.25, -0.2) is 0 Å². The zero-order chi connectivity index (χ0) is 16.4. The molecule has 0 unspecified atom stereocenters. The monoisotopic (exact) mass is 318 g/mol. The fraction of sp³-hybridized carbons (Fsp3) is 0.706. The third kappa shape index (κ3) is 3.92. The van der Waals surface area contributed by atoms with Crippen LogP contribution in [0.15, 0.2) is 12.4 Å². The predicted molar refractivity (Wildman–Crippen MR) is 88.4 cm³/mol. The van der Waals surface area contributed by atoms with Gasteiger partial charge in [-0.15, -0.1) is 0 Å². The Morgan fingerprint density at radius 3 is 2.61 bits per heavy atom. The highest BCUT2D eigenvalue weighted by atomic mass is 16.5. The van der Waals surface area contributed by atoms with E-state index in [9.17, 15) is 4.79 Å². The van der Waals surface area contributed by atoms with Crippen LogP contribution in [0.2, 0.25) is 0 Å². The van der Waals surface area contributed by atoms with Crippen LogP contribution < -0.4 is 9.64 Å². The lowest BCUT2D eigenvalue weighted by molar-refractivity contribution is -0.133. The van der Waals surface area contributed by atoms with Gasteiger partial charge in [0.25, 0.3) is 0 Å². The molecule has 2 atom stereocenters. The van der Waals surface area contributed by atoms with E-state index in [1.165, 1.54) is 0 Å². The predicted octanol–water partition coefficient (Wildman–Crippen LogP) is 1.82. The van der Waals surface area contributed by atoms with E-state index in [1.54, 1.807) is 12.4 Å². The van der Waals surface area contributed by atoms with Crippen LogP contribution in [0.1, 0.15) is 27.2 Å². The van der Waals surface area contributed by atoms with Gasteiger partial charge in [0.2, 0.25) is 11.8 Å². The van der Waals surface area contributed by atoms with Gasteiger partial charge in [-0.2, -0.15) is 4.98 Å². The summed E-state index contributed by atoms with van der Waals surface area (Å²) in [6.45, 7) is 10.1. The second kappa shape index (κ2) is 6.72. The van der Waals surface area contributed by atoms with Crippen molar-refractivity contribution >= 4 is 11.7 Å². The van der Waals surface area contributed by atoms with E-state index in [0.717, 1.165) is 38.4 Å². The maximum Gasteiger partial charge on any atom is 0.234 e. The molecule has 23 heavy (non-hydrogen) atoms. The van der Waals surface area contributed by atoms with E-state index in [1.807, 2.05) is 4.90 Å². The summed E-state index contributed by atoms with van der Waals surface area (Å²) in [5.74, 6) is 3.03. The highest BCUT2D eigenvalue weighted by Crippen LogP contribution is 2.39. The third-order valence-electron chi connectivity index (χ3n) is 4.51. The first kappa shape index (κ1) is 16.0. The molecule has 1 saturated carbocycles. The number of hydrogen-bond donors (Lipinski definition) is 0. The number of anilines is 1. The molecule has 6 nitrogen and oxygen atoms in total. The second-order valence-electron chi connectivity index (χ2n) is 7.05. The van der Waals surface area contributed by atoms with Crippen LogP contribution >= 0.6 is 0 Å². The Morgan fingerprint density at radius 2 is 2.00 bits per heavy atom. The molecule has 2 heterocycles. The normalized spacial score (nSPS) is 24.0. The molecule has 1 saturated heterocycles. The van der Waals surface area contributed by atoms with Crippen LogP contribution in [0.25, 0.3) is 0 Å². The van der Waals surface area contributed by atoms with Gasteiger partial charge in [-0.1, -0.05) is 20.8 Å². The fourth-order valence-electron chi connectivity index (χ4n) is 2.87. The van der Waals surface area contributed by atoms with Crippen molar-refractivity contribution in [2.45, 2.75) is 27.2 Å². The first-order chi connectivity index (χ1) is 11.0. The van der Waals surface area contributed by atoms with Crippen molar-refractivity contribution in [3.8, 4) is 5.88 Å². The summed E-state index contributed by atoms with van der Waals surface area (Å²) in [6.07, 6.45) is 4.47. The number of rotatable bonds is 5. The van der Waals surface area contributed by atoms with Gasteiger partial charge in [0, 0.05) is 32.1 Å². The van der Waals surface area contributed by atoms with E-state index in [0.29, 0.717) is 30.2 Å². The highest BCUT2D eigenvalue weighted by molar-refractivity contribution is 5.81. The summed E-state index contributed by atoms with van der Waals surface area (Å²) >= 11 is 0. The summed E-state index contributed by atoms with van der Waals surface area (Å²) in [7, 11) is 0. The first-order valence-electron chi connectivity index (χ1n) is 8.53. The quantitative estimate of drug-likeness (QED) is 0.829. The molecule has 1 amide bonds. The average Bonchev–Trinajstić information content (AvgIpc) is 3.29. The Bertz CT molecular complexity index is 555. The zero-order valence-corrected chi connectivity index (χ0v) is 14.2. The minimum atomic E-state index is 0.272. The van der Waals surface area contributed by atoms with Crippen LogP contribution in [0.5, 0.6) is 5.88 Å². The number of hydrogen-bond acceptors (Lipinski definition) is 5. The van der Waals surface area contributed by atoms with Crippen molar-refractivity contribution < 1.29 is 9.53 Å². The smallest absolute Gasteiger partial charge is 0.234 e. The molecule has 0 spiro atoms. The Hall–Kier alpha value is -1.85. The van der Waals surface area contributed by atoms with Gasteiger partial charge >= 0.3 is 0 Å². The van der Waals surface area contributed by atoms with Crippen LogP contribution in [0.4, 0.5) is 5.82 Å². The number of amides is 1. The lowest BCUT2D eigenvalue weighted by Crippen LogP contribution is -2.49. The maximum atomic E-state index is 12.3. The molecule has 3 rings (SSSR count). The van der Waals surface area contributed by atoms with Gasteiger partial charge in [-0.3, -0.25) is 9.78 Å². The molecule has 0 aromatic carbocycles. The summed E-state index contributed by atoms with van der Waals surface area (Å²) in [5, 5.41) is 0. The van der Waals surface area contributed by atoms with Crippen molar-refractivity contribution in [2.24, 2.45) is 17.8 Å². The van der Waals surface area contributed by atoms with Crippen LogP contribution in [-0.2, 0) is 4.79 Å². The van der Waals surface area contributed by atoms with Crippen molar-refractivity contribution in [3.05, 3.63) is 12.4 Å². The molecular weight excluding hydrogens is 292 g/mol. The first-order valence-corrected chi connectivity index (χ1v) is 8.53. The highest BCUT2D eigenvalue weighted by Gasteiger charge is 2.42. The molecule has 2 fully saturated rings. The van der Waals surface area contributed by atoms with E-state index in [2.05, 4.69) is 35.6 Å². The molecule has 1 aromatic heterocycles. The number of aromatic nitrogens is 2. The molecular formula is C17H26N4O2. The minimum absolute atomic E-state index is 0.272. The SMILES string of the molecule is CC(C)COc1cncc(N2CCN(C(=O)[C@H]3C[C@H]3C)CC2)n1. The topological polar surface area (TPSA) is 58.6 Å². The summed E-state index contributed by atoms with van der Waals surface area (Å²) in [4.78, 5) is 25.2. The van der Waals surface area contributed by atoms with Crippen molar-refractivity contribution in [1.82, 2.24) is 14.9 Å². The van der Waals surface area contributed by atoms with E-state index in [-0.39, 0.29) is 5.92 Å². The maximum absolute atomic E-state index is 12.3. The number of carbonyl (C=O) groups excluding carboxylic acids is 1. The minimum Gasteiger partial charge on any atom is -0.476 e. The molecule has 1 aromatic rings. The number of carbonyl (C=O) groups is 1. The van der Waals surface area contributed by atoms with Crippen molar-refractivity contribution in [2.75, 3.05) is 37.7 Å². The Morgan fingerprint density at radius 1 is 1.30 bits per heavy atom. The average molecular weight is 318 g/mol. The lowest BCUT2D eigenvalue weighted by Gasteiger charge is -2.35. The largest absolute Gasteiger partial charge is 0.476 e. The van der Waals surface area contributed by atoms with Gasteiger partial charge in [0.1, 0.15) is 0 Å². The zero-order valence-electron chi connectivity index (χ0n) is 14.2. The van der Waals surface area contributed by atoms with Crippen molar-refractivity contribution in [1.29, 1.82) is 0 Å². The molecule has 126 valence electrons. The Kier molecular flexibility index (Phi) is 4.68. The molecule has 1 aliphatic carbocycles. The van der Waals surface area contributed by atoms with Gasteiger partial charge in [-0.05, 0) is 18.3 Å². The molecule has 0 radical (unpaired) electrons. The van der Waals surface area contributed by atoms with Crippen molar-refractivity contribution in [3.63, 3.8) is 0 Å². The van der Waals surface area contributed by atoms with E-state index in [4.69, 9.17) is 4.74 Å². The standard InChI is InChI=1S/C17H26N4O2/c1-12(2)11-23-16-10-18-9-15(19-16)20-4-6-21(7-5-20)17(22)14-8-13(14)3/h9-10,12-14H,4-8,11H2,1-3H3/t13-,14+/m1/s1. The number of nitrogens with zero attached hydrogens (tertiary/aromatic N) is 4. The second-order valence-corrected chi connectivity index (χ2v) is 7.05. The summed E-state index contributed by atoms with van der Waals surface area (Å²) < 4.78 is 5.64. The lowest BCUT2D eigenvalue weighted by atomic mass is 10.2. The van der Waals surface area contributed by atoms with Gasteiger partial charge < -0.3 is 14.5 Å². The summed E-state index contributed by atoms with van der Waals surface area (Å²) in [5.41, 5.74) is 0. The molecule has 0 bridgehead atoms. The third-order valence-corrected chi connectivity index (χ3v) is 4.51. The molecule has 2 aliphatic rings. The molecule has 0 N–H and O–H groups in total. The summed E-state index contributed by atoms with van der Waals surface area (Å²) in [6, 6.07) is 0. The fourth-order valence-corrected chi connectivity index (χ4v) is 2.87. The molecule has 6 heteroatoms. The number of piperazine rings is 1. The van der Waals surface area contributed by atoms with E-state index >= 15 is 0 Å². The number of ether oxygens (including phenoxy) is 1. The van der Waals surface area contributed by atoms with Gasteiger partial charge in [0.05, 0.1) is 19.0 Å². The van der Waals surface area contributed by atoms with Crippen LogP contribution in [0, 0.1) is 17.8 Å². The van der Waals surface area contributed by atoms with Crippen LogP contribution in [-0.4, -0.2) is 53.6 Å². The molecule has 1 aliphatic heterocycles. The van der Waals surface area contributed by atoms with Gasteiger partial charge in [0.15, 0.2) is 5.82 Å². The Balaban J connectivity index is 1.55. The van der Waals surface area contributed by atoms with Crippen LogP contribution in [0.3, 0.4) is 0 Å². The Labute approximate surface area is 137 Å². The van der Waals surface area contributed by atoms with E-state index < -0.39 is 0 Å².